The van der Waals surface area contributed by atoms with Gasteiger partial charge in [0.15, 0.2) is 5.13 Å². The number of thiazole rings is 1. The number of sulfonamides is 1. The molecule has 0 amide bonds. The zero-order chi connectivity index (χ0) is 16.1. The first-order valence-corrected chi connectivity index (χ1v) is 9.25. The molecule has 0 saturated heterocycles. The highest BCUT2D eigenvalue weighted by Crippen LogP contribution is 2.21. The van der Waals surface area contributed by atoms with E-state index in [1.807, 2.05) is 20.8 Å². The summed E-state index contributed by atoms with van der Waals surface area (Å²) in [5.41, 5.74) is 0.458. The normalized spacial score (nSPS) is 12.2. The van der Waals surface area contributed by atoms with Gasteiger partial charge >= 0.3 is 5.97 Å². The van der Waals surface area contributed by atoms with Gasteiger partial charge in [0.1, 0.15) is 0 Å². The van der Waals surface area contributed by atoms with Crippen LogP contribution in [0.15, 0.2) is 5.38 Å². The summed E-state index contributed by atoms with van der Waals surface area (Å²) in [6.07, 6.45) is 0.609. The number of ether oxygens (including phenoxy) is 1. The van der Waals surface area contributed by atoms with Crippen LogP contribution in [0.4, 0.5) is 5.13 Å². The Morgan fingerprint density at radius 3 is 2.67 bits per heavy atom. The Morgan fingerprint density at radius 1 is 1.43 bits per heavy atom. The molecule has 6 nitrogen and oxygen atoms in total. The lowest BCUT2D eigenvalue weighted by Crippen LogP contribution is -2.20. The number of esters is 1. The summed E-state index contributed by atoms with van der Waals surface area (Å²) in [5, 5.41) is 1.93. The van der Waals surface area contributed by atoms with Crippen molar-refractivity contribution in [2.45, 2.75) is 40.5 Å². The molecule has 0 aromatic carbocycles. The lowest BCUT2D eigenvalue weighted by atomic mass is 9.94. The van der Waals surface area contributed by atoms with Gasteiger partial charge in [-0.3, -0.25) is 9.52 Å². The standard InChI is InChI=1S/C13H22N2O4S2/c1-5-19-11(16)8-10-9-20-12(14-10)15-21(17,18)7-6-13(2,3)4/h9H,5-8H2,1-4H3,(H,14,15). The van der Waals surface area contributed by atoms with Gasteiger partial charge in [-0.2, -0.15) is 0 Å². The van der Waals surface area contributed by atoms with Crippen molar-refractivity contribution >= 4 is 32.5 Å². The number of carbonyl (C=O) groups excluding carboxylic acids is 1. The van der Waals surface area contributed by atoms with E-state index < -0.39 is 10.0 Å². The lowest BCUT2D eigenvalue weighted by Gasteiger charge is -2.17. The smallest absolute Gasteiger partial charge is 0.311 e. The zero-order valence-corrected chi connectivity index (χ0v) is 14.4. The molecular formula is C13H22N2O4S2. The number of aromatic nitrogens is 1. The zero-order valence-electron chi connectivity index (χ0n) is 12.8. The lowest BCUT2D eigenvalue weighted by molar-refractivity contribution is -0.142. The number of nitrogens with zero attached hydrogens (tertiary/aromatic N) is 1. The number of nitrogens with one attached hydrogen (secondary N) is 1. The first-order valence-electron chi connectivity index (χ1n) is 6.72. The molecular weight excluding hydrogens is 312 g/mol. The van der Waals surface area contributed by atoms with Crippen LogP contribution in [0.3, 0.4) is 0 Å². The molecule has 1 aromatic heterocycles. The Labute approximate surface area is 130 Å². The topological polar surface area (TPSA) is 85.4 Å². The number of hydrogen-bond donors (Lipinski definition) is 1. The second kappa shape index (κ2) is 7.22. The van der Waals surface area contributed by atoms with Gasteiger partial charge in [0, 0.05) is 5.38 Å². The summed E-state index contributed by atoms with van der Waals surface area (Å²) >= 11 is 1.16. The molecule has 120 valence electrons. The molecule has 0 unspecified atom stereocenters. The van der Waals surface area contributed by atoms with E-state index in [0.717, 1.165) is 11.3 Å². The monoisotopic (exact) mass is 334 g/mol. The minimum atomic E-state index is -3.41. The van der Waals surface area contributed by atoms with Crippen molar-refractivity contribution in [3.8, 4) is 0 Å². The quantitative estimate of drug-likeness (QED) is 0.774. The van der Waals surface area contributed by atoms with Gasteiger partial charge in [0.25, 0.3) is 0 Å². The van der Waals surface area contributed by atoms with Gasteiger partial charge in [-0.15, -0.1) is 11.3 Å². The first-order chi connectivity index (χ1) is 9.61. The highest BCUT2D eigenvalue weighted by atomic mass is 32.2. The van der Waals surface area contributed by atoms with E-state index in [9.17, 15) is 13.2 Å². The minimum absolute atomic E-state index is 0.0449. The second-order valence-corrected chi connectivity index (χ2v) is 8.56. The molecule has 1 heterocycles. The molecule has 0 fully saturated rings. The molecule has 0 spiro atoms. The van der Waals surface area contributed by atoms with E-state index >= 15 is 0 Å². The van der Waals surface area contributed by atoms with Crippen molar-refractivity contribution in [2.24, 2.45) is 5.41 Å². The summed E-state index contributed by atoms with van der Waals surface area (Å²) in [4.78, 5) is 15.4. The second-order valence-electron chi connectivity index (χ2n) is 5.86. The molecule has 1 N–H and O–H groups in total. The third kappa shape index (κ3) is 7.42. The van der Waals surface area contributed by atoms with Crippen molar-refractivity contribution in [1.29, 1.82) is 0 Å². The molecule has 0 aliphatic carbocycles. The molecule has 0 radical (unpaired) electrons. The van der Waals surface area contributed by atoms with Gasteiger partial charge in [-0.1, -0.05) is 20.8 Å². The predicted molar refractivity (Wildman–Crippen MR) is 83.9 cm³/mol. The van der Waals surface area contributed by atoms with Crippen molar-refractivity contribution in [1.82, 2.24) is 4.98 Å². The van der Waals surface area contributed by atoms with Gasteiger partial charge in [0.05, 0.1) is 24.5 Å². The van der Waals surface area contributed by atoms with Crippen molar-refractivity contribution in [2.75, 3.05) is 17.1 Å². The van der Waals surface area contributed by atoms with Crippen LogP contribution in [0.25, 0.3) is 0 Å². The maximum absolute atomic E-state index is 11.9. The highest BCUT2D eigenvalue weighted by Gasteiger charge is 2.19. The molecule has 0 saturated carbocycles. The molecule has 8 heteroatoms. The molecule has 1 rings (SSSR count). The number of anilines is 1. The maximum Gasteiger partial charge on any atom is 0.311 e. The van der Waals surface area contributed by atoms with E-state index in [4.69, 9.17) is 4.74 Å². The third-order valence-corrected chi connectivity index (χ3v) is 4.73. The Kier molecular flexibility index (Phi) is 6.15. The number of carbonyl (C=O) groups is 1. The molecule has 21 heavy (non-hydrogen) atoms. The third-order valence-electron chi connectivity index (χ3n) is 2.55. The molecule has 0 aliphatic rings. The molecule has 0 bridgehead atoms. The fourth-order valence-electron chi connectivity index (χ4n) is 1.42. The van der Waals surface area contributed by atoms with Crippen LogP contribution in [0.5, 0.6) is 0 Å². The van der Waals surface area contributed by atoms with E-state index in [1.54, 1.807) is 12.3 Å². The van der Waals surface area contributed by atoms with E-state index in [-0.39, 0.29) is 28.7 Å². The fourth-order valence-corrected chi connectivity index (χ4v) is 3.84. The first kappa shape index (κ1) is 17.9. The van der Waals surface area contributed by atoms with Crippen LogP contribution < -0.4 is 4.72 Å². The van der Waals surface area contributed by atoms with Crippen molar-refractivity contribution in [3.63, 3.8) is 0 Å². The minimum Gasteiger partial charge on any atom is -0.466 e. The number of hydrogen-bond acceptors (Lipinski definition) is 6. The average molecular weight is 334 g/mol. The van der Waals surface area contributed by atoms with Crippen LogP contribution in [0.2, 0.25) is 0 Å². The van der Waals surface area contributed by atoms with E-state index in [0.29, 0.717) is 18.7 Å². The van der Waals surface area contributed by atoms with Gasteiger partial charge < -0.3 is 4.74 Å². The van der Waals surface area contributed by atoms with Gasteiger partial charge in [-0.05, 0) is 18.8 Å². The van der Waals surface area contributed by atoms with Crippen LogP contribution in [0, 0.1) is 5.41 Å². The van der Waals surface area contributed by atoms with Crippen molar-refractivity contribution < 1.29 is 17.9 Å². The molecule has 1 aromatic rings. The summed E-state index contributed by atoms with van der Waals surface area (Å²) in [5.74, 6) is -0.325. The van der Waals surface area contributed by atoms with Crippen LogP contribution >= 0.6 is 11.3 Å². The Balaban J connectivity index is 2.59. The highest BCUT2D eigenvalue weighted by molar-refractivity contribution is 7.92. The summed E-state index contributed by atoms with van der Waals surface area (Å²) < 4.78 is 31.2. The Bertz CT molecular complexity index is 573. The summed E-state index contributed by atoms with van der Waals surface area (Å²) in [7, 11) is -3.41. The van der Waals surface area contributed by atoms with Gasteiger partial charge in [-0.25, -0.2) is 13.4 Å². The predicted octanol–water partition coefficient (Wildman–Crippen LogP) is 2.43. The largest absolute Gasteiger partial charge is 0.466 e. The molecule has 0 aliphatic heterocycles. The summed E-state index contributed by atoms with van der Waals surface area (Å²) in [6, 6.07) is 0. The maximum atomic E-state index is 11.9. The van der Waals surface area contributed by atoms with Crippen LogP contribution in [-0.4, -0.2) is 31.7 Å². The van der Waals surface area contributed by atoms with E-state index in [2.05, 4.69) is 9.71 Å². The number of rotatable bonds is 7. The average Bonchev–Trinajstić information content (AvgIpc) is 2.72. The Hall–Kier alpha value is -1.15. The van der Waals surface area contributed by atoms with Gasteiger partial charge in [0.2, 0.25) is 10.0 Å². The Morgan fingerprint density at radius 2 is 2.10 bits per heavy atom. The van der Waals surface area contributed by atoms with Crippen LogP contribution in [0.1, 0.15) is 39.8 Å². The van der Waals surface area contributed by atoms with Crippen LogP contribution in [-0.2, 0) is 26.0 Å². The van der Waals surface area contributed by atoms with E-state index in [1.165, 1.54) is 0 Å². The van der Waals surface area contributed by atoms with Crippen molar-refractivity contribution in [3.05, 3.63) is 11.1 Å². The fraction of sp³-hybridized carbons (Fsp3) is 0.692. The summed E-state index contributed by atoms with van der Waals surface area (Å²) in [6.45, 7) is 8.01. The SMILES string of the molecule is CCOC(=O)Cc1csc(NS(=O)(=O)CCC(C)(C)C)n1. The molecule has 0 atom stereocenters.